The maximum Gasteiger partial charge on any atom is 0.412 e. The standard InChI is InChI=1S/C23H27ClN4O3/c1-15-17(24)11-8-12-18(15)25-21-27-20(29)19(26-22(30)31-23(2,3)4)14-28(21)13-16-9-6-5-7-10-16/h6,8-12,14H,5,7,13H2,1-4H3,(H,26,30)(H,25,27,29). The van der Waals surface area contributed by atoms with Crippen molar-refractivity contribution < 1.29 is 9.53 Å². The summed E-state index contributed by atoms with van der Waals surface area (Å²) in [6, 6.07) is 5.49. The molecule has 2 N–H and O–H groups in total. The molecule has 0 saturated carbocycles. The van der Waals surface area contributed by atoms with E-state index in [1.807, 2.05) is 19.1 Å². The van der Waals surface area contributed by atoms with Crippen molar-refractivity contribution in [2.75, 3.05) is 10.6 Å². The van der Waals surface area contributed by atoms with Gasteiger partial charge in [-0.2, -0.15) is 4.98 Å². The minimum Gasteiger partial charge on any atom is -0.444 e. The Bertz CT molecular complexity index is 1100. The first-order chi connectivity index (χ1) is 14.6. The first-order valence-corrected chi connectivity index (χ1v) is 10.5. The molecule has 0 atom stereocenters. The Kier molecular flexibility index (Phi) is 6.85. The lowest BCUT2D eigenvalue weighted by molar-refractivity contribution is 0.0635. The summed E-state index contributed by atoms with van der Waals surface area (Å²) < 4.78 is 7.05. The van der Waals surface area contributed by atoms with Crippen molar-refractivity contribution in [2.24, 2.45) is 0 Å². The van der Waals surface area contributed by atoms with Crippen molar-refractivity contribution in [3.63, 3.8) is 0 Å². The van der Waals surface area contributed by atoms with E-state index in [2.05, 4.69) is 33.8 Å². The average Bonchev–Trinajstić information content (AvgIpc) is 2.68. The van der Waals surface area contributed by atoms with Gasteiger partial charge in [-0.25, -0.2) is 4.79 Å². The van der Waals surface area contributed by atoms with Gasteiger partial charge >= 0.3 is 6.09 Å². The van der Waals surface area contributed by atoms with Crippen molar-refractivity contribution in [3.8, 4) is 0 Å². The average molecular weight is 443 g/mol. The predicted molar refractivity (Wildman–Crippen MR) is 124 cm³/mol. The number of hydrogen-bond donors (Lipinski definition) is 2. The van der Waals surface area contributed by atoms with Gasteiger partial charge in [-0.15, -0.1) is 0 Å². The van der Waals surface area contributed by atoms with E-state index in [9.17, 15) is 9.59 Å². The van der Waals surface area contributed by atoms with Crippen LogP contribution in [0.2, 0.25) is 5.02 Å². The second kappa shape index (κ2) is 9.39. The Hall–Kier alpha value is -3.06. The first kappa shape index (κ1) is 22.6. The number of nitrogens with zero attached hydrogens (tertiary/aromatic N) is 2. The third-order valence-electron chi connectivity index (χ3n) is 4.57. The maximum absolute atomic E-state index is 12.6. The molecule has 7 nitrogen and oxygen atoms in total. The molecule has 31 heavy (non-hydrogen) atoms. The van der Waals surface area contributed by atoms with Crippen molar-refractivity contribution in [2.45, 2.75) is 52.7 Å². The van der Waals surface area contributed by atoms with Crippen LogP contribution in [0, 0.1) is 6.92 Å². The molecule has 1 aliphatic carbocycles. The molecule has 1 aromatic carbocycles. The SMILES string of the molecule is Cc1c(Cl)cccc1Nc1nc(=O)c(NC(=O)OC(C)(C)C)cn1CC1=CCCC=C1. The molecule has 0 aliphatic heterocycles. The minimum absolute atomic E-state index is 0.0444. The zero-order valence-corrected chi connectivity index (χ0v) is 18.9. The summed E-state index contributed by atoms with van der Waals surface area (Å²) in [7, 11) is 0. The van der Waals surface area contributed by atoms with Crippen LogP contribution in [0.4, 0.5) is 22.1 Å². The van der Waals surface area contributed by atoms with Crippen LogP contribution < -0.4 is 16.2 Å². The summed E-state index contributed by atoms with van der Waals surface area (Å²) >= 11 is 6.23. The van der Waals surface area contributed by atoms with E-state index >= 15 is 0 Å². The number of nitrogens with one attached hydrogen (secondary N) is 2. The van der Waals surface area contributed by atoms with Crippen LogP contribution in [-0.4, -0.2) is 21.2 Å². The van der Waals surface area contributed by atoms with Crippen molar-refractivity contribution in [1.29, 1.82) is 0 Å². The molecule has 1 aromatic heterocycles. The van der Waals surface area contributed by atoms with Gasteiger partial charge in [-0.1, -0.05) is 35.9 Å². The lowest BCUT2D eigenvalue weighted by atomic mass is 10.1. The summed E-state index contributed by atoms with van der Waals surface area (Å²) in [6.07, 6.45) is 9.14. The Labute approximate surface area is 186 Å². The monoisotopic (exact) mass is 442 g/mol. The fourth-order valence-electron chi connectivity index (χ4n) is 3.06. The number of ether oxygens (including phenoxy) is 1. The highest BCUT2D eigenvalue weighted by atomic mass is 35.5. The zero-order chi connectivity index (χ0) is 22.6. The molecule has 0 fully saturated rings. The Morgan fingerprint density at radius 1 is 1.26 bits per heavy atom. The highest BCUT2D eigenvalue weighted by molar-refractivity contribution is 6.31. The van der Waals surface area contributed by atoms with Crippen LogP contribution >= 0.6 is 11.6 Å². The number of halogens is 1. The van der Waals surface area contributed by atoms with Crippen LogP contribution in [0.3, 0.4) is 0 Å². The van der Waals surface area contributed by atoms with Crippen molar-refractivity contribution >= 4 is 35.0 Å². The molecule has 0 saturated heterocycles. The molecular weight excluding hydrogens is 416 g/mol. The van der Waals surface area contributed by atoms with Gasteiger partial charge in [0.15, 0.2) is 0 Å². The predicted octanol–water partition coefficient (Wildman–Crippen LogP) is 5.57. The number of allylic oxidation sites excluding steroid dienone is 4. The number of carbonyl (C=O) groups is 1. The van der Waals surface area contributed by atoms with Crippen LogP contribution in [0.5, 0.6) is 0 Å². The molecule has 1 aliphatic rings. The quantitative estimate of drug-likeness (QED) is 0.632. The van der Waals surface area contributed by atoms with Crippen LogP contribution in [-0.2, 0) is 11.3 Å². The van der Waals surface area contributed by atoms with Gasteiger partial charge in [0, 0.05) is 16.9 Å². The van der Waals surface area contributed by atoms with E-state index < -0.39 is 17.3 Å². The molecule has 0 unspecified atom stereocenters. The van der Waals surface area contributed by atoms with E-state index in [0.29, 0.717) is 17.5 Å². The van der Waals surface area contributed by atoms with E-state index in [0.717, 1.165) is 29.7 Å². The second-order valence-electron chi connectivity index (χ2n) is 8.33. The van der Waals surface area contributed by atoms with Gasteiger partial charge in [0.25, 0.3) is 5.56 Å². The van der Waals surface area contributed by atoms with Gasteiger partial charge < -0.3 is 14.6 Å². The Balaban J connectivity index is 1.96. The Morgan fingerprint density at radius 2 is 2.03 bits per heavy atom. The lowest BCUT2D eigenvalue weighted by Gasteiger charge is -2.21. The summed E-state index contributed by atoms with van der Waals surface area (Å²) in [4.78, 5) is 29.0. The number of amides is 1. The fourth-order valence-corrected chi connectivity index (χ4v) is 3.23. The topological polar surface area (TPSA) is 85.2 Å². The van der Waals surface area contributed by atoms with E-state index in [4.69, 9.17) is 16.3 Å². The second-order valence-corrected chi connectivity index (χ2v) is 8.74. The highest BCUT2D eigenvalue weighted by Gasteiger charge is 2.19. The summed E-state index contributed by atoms with van der Waals surface area (Å²) in [6.45, 7) is 7.63. The van der Waals surface area contributed by atoms with E-state index in [-0.39, 0.29) is 5.69 Å². The van der Waals surface area contributed by atoms with Crippen molar-refractivity contribution in [1.82, 2.24) is 9.55 Å². The first-order valence-electron chi connectivity index (χ1n) is 10.1. The fraction of sp³-hybridized carbons (Fsp3) is 0.348. The van der Waals surface area contributed by atoms with Gasteiger partial charge in [0.05, 0.1) is 6.54 Å². The van der Waals surface area contributed by atoms with Crippen LogP contribution in [0.15, 0.2) is 53.0 Å². The van der Waals surface area contributed by atoms with Crippen LogP contribution in [0.1, 0.15) is 39.2 Å². The van der Waals surface area contributed by atoms with Crippen LogP contribution in [0.25, 0.3) is 0 Å². The van der Waals surface area contributed by atoms with E-state index in [1.54, 1.807) is 37.6 Å². The third kappa shape index (κ3) is 6.21. The molecule has 164 valence electrons. The number of hydrogen-bond acceptors (Lipinski definition) is 5. The molecule has 2 aromatic rings. The molecule has 8 heteroatoms. The highest BCUT2D eigenvalue weighted by Crippen LogP contribution is 2.26. The molecule has 0 bridgehead atoms. The third-order valence-corrected chi connectivity index (χ3v) is 4.98. The zero-order valence-electron chi connectivity index (χ0n) is 18.2. The van der Waals surface area contributed by atoms with Gasteiger partial charge in [-0.05, 0) is 63.8 Å². The van der Waals surface area contributed by atoms with E-state index in [1.165, 1.54) is 0 Å². The molecule has 3 rings (SSSR count). The summed E-state index contributed by atoms with van der Waals surface area (Å²) in [5, 5.41) is 6.33. The summed E-state index contributed by atoms with van der Waals surface area (Å²) in [5.74, 6) is 0.352. The maximum atomic E-state index is 12.6. The smallest absolute Gasteiger partial charge is 0.412 e. The van der Waals surface area contributed by atoms with Gasteiger partial charge in [-0.3, -0.25) is 10.1 Å². The minimum atomic E-state index is -0.707. The molecule has 0 spiro atoms. The Morgan fingerprint density at radius 3 is 2.71 bits per heavy atom. The largest absolute Gasteiger partial charge is 0.444 e. The number of aromatic nitrogens is 2. The molecule has 1 heterocycles. The summed E-state index contributed by atoms with van der Waals surface area (Å²) in [5.41, 5.74) is 1.47. The van der Waals surface area contributed by atoms with Gasteiger partial charge in [0.2, 0.25) is 5.95 Å². The molecule has 1 amide bonds. The molecular formula is C23H27ClN4O3. The number of anilines is 3. The number of carbonyl (C=O) groups excluding carboxylic acids is 1. The lowest BCUT2D eigenvalue weighted by Crippen LogP contribution is -2.30. The normalized spacial score (nSPS) is 13.5. The van der Waals surface area contributed by atoms with Gasteiger partial charge in [0.1, 0.15) is 11.3 Å². The molecule has 0 radical (unpaired) electrons. The number of rotatable bonds is 5. The number of benzene rings is 1. The van der Waals surface area contributed by atoms with Crippen molar-refractivity contribution in [3.05, 3.63) is 69.1 Å².